The van der Waals surface area contributed by atoms with Crippen LogP contribution >= 0.6 is 12.2 Å². The third kappa shape index (κ3) is 1.78. The number of benzene rings is 1. The van der Waals surface area contributed by atoms with E-state index in [1.165, 1.54) is 22.1 Å². The second kappa shape index (κ2) is 3.83. The van der Waals surface area contributed by atoms with Gasteiger partial charge in [0, 0.05) is 5.39 Å². The zero-order valence-electron chi connectivity index (χ0n) is 9.66. The first-order chi connectivity index (χ1) is 7.49. The number of thiocarbonyl (C=S) groups is 1. The Hall–Kier alpha value is -1.48. The number of nitrogens with two attached hydrogens (primary N) is 1. The van der Waals surface area contributed by atoms with E-state index in [-0.39, 0.29) is 0 Å². The van der Waals surface area contributed by atoms with Gasteiger partial charge in [0.2, 0.25) is 0 Å². The molecule has 0 atom stereocenters. The van der Waals surface area contributed by atoms with Crippen LogP contribution in [0.25, 0.3) is 10.9 Å². The van der Waals surface area contributed by atoms with E-state index in [0.717, 1.165) is 5.52 Å². The number of rotatable bonds is 1. The Kier molecular flexibility index (Phi) is 2.64. The second-order valence-electron chi connectivity index (χ2n) is 4.16. The van der Waals surface area contributed by atoms with Crippen molar-refractivity contribution in [3.05, 3.63) is 40.6 Å². The molecule has 0 saturated heterocycles. The summed E-state index contributed by atoms with van der Waals surface area (Å²) in [5.41, 5.74) is 10.9. The molecule has 0 aliphatic carbocycles. The largest absolute Gasteiger partial charge is 0.388 e. The van der Waals surface area contributed by atoms with Crippen LogP contribution in [0.1, 0.15) is 22.4 Å². The molecule has 2 rings (SSSR count). The van der Waals surface area contributed by atoms with Gasteiger partial charge in [-0.1, -0.05) is 18.3 Å². The van der Waals surface area contributed by atoms with Crippen molar-refractivity contribution in [3.8, 4) is 0 Å². The molecule has 0 aliphatic heterocycles. The molecule has 2 N–H and O–H groups in total. The highest BCUT2D eigenvalue weighted by Crippen LogP contribution is 2.23. The van der Waals surface area contributed by atoms with Crippen molar-refractivity contribution >= 4 is 28.1 Å². The van der Waals surface area contributed by atoms with Gasteiger partial charge in [0.25, 0.3) is 0 Å². The van der Waals surface area contributed by atoms with Crippen LogP contribution in [0.4, 0.5) is 0 Å². The highest BCUT2D eigenvalue weighted by molar-refractivity contribution is 7.80. The number of pyridine rings is 1. The molecule has 0 saturated carbocycles. The first-order valence-electron chi connectivity index (χ1n) is 5.17. The number of aryl methyl sites for hydroxylation is 3. The molecule has 1 aromatic heterocycles. The summed E-state index contributed by atoms with van der Waals surface area (Å²) < 4.78 is 0. The monoisotopic (exact) mass is 230 g/mol. The Morgan fingerprint density at radius 1 is 1.12 bits per heavy atom. The Bertz CT molecular complexity index is 588. The van der Waals surface area contributed by atoms with Crippen molar-refractivity contribution in [2.45, 2.75) is 20.8 Å². The van der Waals surface area contributed by atoms with Gasteiger partial charge in [-0.15, -0.1) is 0 Å². The Labute approximate surface area is 100 Å². The molecule has 16 heavy (non-hydrogen) atoms. The summed E-state index contributed by atoms with van der Waals surface area (Å²) in [5, 5.41) is 1.20. The van der Waals surface area contributed by atoms with Crippen molar-refractivity contribution in [3.63, 3.8) is 0 Å². The van der Waals surface area contributed by atoms with Gasteiger partial charge in [-0.2, -0.15) is 0 Å². The van der Waals surface area contributed by atoms with Gasteiger partial charge < -0.3 is 5.73 Å². The predicted molar refractivity (Wildman–Crippen MR) is 71.8 cm³/mol. The van der Waals surface area contributed by atoms with Gasteiger partial charge in [-0.25, -0.2) is 4.98 Å². The molecule has 0 radical (unpaired) electrons. The van der Waals surface area contributed by atoms with E-state index in [2.05, 4.69) is 37.9 Å². The van der Waals surface area contributed by atoms with E-state index in [0.29, 0.717) is 10.7 Å². The number of aromatic nitrogens is 1. The van der Waals surface area contributed by atoms with Gasteiger partial charge >= 0.3 is 0 Å². The molecule has 2 aromatic rings. The summed E-state index contributed by atoms with van der Waals surface area (Å²) >= 11 is 4.97. The first-order valence-corrected chi connectivity index (χ1v) is 5.58. The van der Waals surface area contributed by atoms with Crippen molar-refractivity contribution in [2.75, 3.05) is 0 Å². The summed E-state index contributed by atoms with van der Waals surface area (Å²) in [5.74, 6) is 0. The standard InChI is InChI=1S/C13H14N2S/c1-7-4-8(2)12-9(3)6-11(13(14)16)15-10(12)5-7/h4-6H,1-3H3,(H2,14,16). The van der Waals surface area contributed by atoms with Crippen molar-refractivity contribution in [1.82, 2.24) is 4.98 Å². The lowest BCUT2D eigenvalue weighted by Gasteiger charge is -2.09. The summed E-state index contributed by atoms with van der Waals surface area (Å²) in [6.45, 7) is 6.23. The zero-order valence-corrected chi connectivity index (χ0v) is 10.5. The Morgan fingerprint density at radius 2 is 1.75 bits per heavy atom. The smallest absolute Gasteiger partial charge is 0.122 e. The molecule has 0 amide bonds. The molecule has 3 heteroatoms. The summed E-state index contributed by atoms with van der Waals surface area (Å²) in [4.78, 5) is 4.84. The van der Waals surface area contributed by atoms with E-state index in [9.17, 15) is 0 Å². The van der Waals surface area contributed by atoms with Crippen LogP contribution in [0, 0.1) is 20.8 Å². The number of nitrogens with zero attached hydrogens (tertiary/aromatic N) is 1. The fraction of sp³-hybridized carbons (Fsp3) is 0.231. The van der Waals surface area contributed by atoms with Crippen LogP contribution < -0.4 is 5.73 Å². The van der Waals surface area contributed by atoms with E-state index < -0.39 is 0 Å². The Balaban J connectivity index is 2.87. The van der Waals surface area contributed by atoms with Crippen molar-refractivity contribution in [2.24, 2.45) is 5.73 Å². The molecule has 82 valence electrons. The molecule has 0 fully saturated rings. The van der Waals surface area contributed by atoms with E-state index in [1.807, 2.05) is 6.07 Å². The molecule has 2 nitrogen and oxygen atoms in total. The minimum Gasteiger partial charge on any atom is -0.388 e. The summed E-state index contributed by atoms with van der Waals surface area (Å²) in [6.07, 6.45) is 0. The molecule has 0 bridgehead atoms. The Morgan fingerprint density at radius 3 is 2.38 bits per heavy atom. The average Bonchev–Trinajstić information content (AvgIpc) is 2.15. The molecule has 1 aromatic carbocycles. The van der Waals surface area contributed by atoms with Crippen LogP contribution in [0.2, 0.25) is 0 Å². The number of hydrogen-bond donors (Lipinski definition) is 1. The van der Waals surface area contributed by atoms with Crippen molar-refractivity contribution in [1.29, 1.82) is 0 Å². The van der Waals surface area contributed by atoms with E-state index in [1.54, 1.807) is 0 Å². The SMILES string of the molecule is Cc1cc(C)c2c(C)cc(C(N)=S)nc2c1. The molecule has 0 aliphatic rings. The lowest BCUT2D eigenvalue weighted by molar-refractivity contribution is 1.30. The number of hydrogen-bond acceptors (Lipinski definition) is 2. The highest BCUT2D eigenvalue weighted by Gasteiger charge is 2.07. The quantitative estimate of drug-likeness (QED) is 0.766. The van der Waals surface area contributed by atoms with Gasteiger partial charge in [-0.05, 0) is 49.6 Å². The summed E-state index contributed by atoms with van der Waals surface area (Å²) in [6, 6.07) is 6.18. The normalized spacial score (nSPS) is 10.7. The maximum atomic E-state index is 5.62. The molecule has 0 unspecified atom stereocenters. The average molecular weight is 230 g/mol. The lowest BCUT2D eigenvalue weighted by Crippen LogP contribution is -2.12. The molecule has 0 spiro atoms. The fourth-order valence-electron chi connectivity index (χ4n) is 2.11. The second-order valence-corrected chi connectivity index (χ2v) is 4.60. The third-order valence-corrected chi connectivity index (χ3v) is 2.91. The minimum absolute atomic E-state index is 0.351. The van der Waals surface area contributed by atoms with Crippen LogP contribution in [0.15, 0.2) is 18.2 Å². The maximum Gasteiger partial charge on any atom is 0.122 e. The van der Waals surface area contributed by atoms with E-state index in [4.69, 9.17) is 18.0 Å². The third-order valence-electron chi connectivity index (χ3n) is 2.70. The van der Waals surface area contributed by atoms with Crippen LogP contribution in [-0.2, 0) is 0 Å². The highest BCUT2D eigenvalue weighted by atomic mass is 32.1. The van der Waals surface area contributed by atoms with Crippen LogP contribution in [-0.4, -0.2) is 9.97 Å². The zero-order chi connectivity index (χ0) is 11.9. The van der Waals surface area contributed by atoms with Crippen LogP contribution in [0.5, 0.6) is 0 Å². The van der Waals surface area contributed by atoms with E-state index >= 15 is 0 Å². The fourth-order valence-corrected chi connectivity index (χ4v) is 2.22. The first kappa shape index (κ1) is 11.0. The summed E-state index contributed by atoms with van der Waals surface area (Å²) in [7, 11) is 0. The van der Waals surface area contributed by atoms with Gasteiger partial charge in [-0.3, -0.25) is 0 Å². The topological polar surface area (TPSA) is 38.9 Å². The van der Waals surface area contributed by atoms with Crippen molar-refractivity contribution < 1.29 is 0 Å². The minimum atomic E-state index is 0.351. The predicted octanol–water partition coefficient (Wildman–Crippen LogP) is 2.79. The molecular weight excluding hydrogens is 216 g/mol. The van der Waals surface area contributed by atoms with Gasteiger partial charge in [0.15, 0.2) is 0 Å². The lowest BCUT2D eigenvalue weighted by atomic mass is 10.0. The molecular formula is C13H14N2S. The number of fused-ring (bicyclic) bond motifs is 1. The van der Waals surface area contributed by atoms with Gasteiger partial charge in [0.05, 0.1) is 11.2 Å². The van der Waals surface area contributed by atoms with Gasteiger partial charge in [0.1, 0.15) is 4.99 Å². The molecule has 1 heterocycles. The maximum absolute atomic E-state index is 5.62. The van der Waals surface area contributed by atoms with Crippen LogP contribution in [0.3, 0.4) is 0 Å².